The zero-order valence-corrected chi connectivity index (χ0v) is 14.4. The van der Waals surface area contributed by atoms with Gasteiger partial charge >= 0.3 is 0 Å². The number of nitrogens with zero attached hydrogens (tertiary/aromatic N) is 2. The van der Waals surface area contributed by atoms with E-state index in [0.717, 1.165) is 11.5 Å². The lowest BCUT2D eigenvalue weighted by Gasteiger charge is -2.31. The summed E-state index contributed by atoms with van der Waals surface area (Å²) >= 11 is 1.53. The Bertz CT molecular complexity index is 734. The van der Waals surface area contributed by atoms with Crippen molar-refractivity contribution in [1.82, 2.24) is 5.01 Å². The van der Waals surface area contributed by atoms with Crippen LogP contribution < -0.4 is 0 Å². The van der Waals surface area contributed by atoms with Gasteiger partial charge in [-0.1, -0.05) is 60.7 Å². The molecule has 1 aliphatic heterocycles. The normalized spacial score (nSPS) is 20.1. The topological polar surface area (TPSA) is 52.9 Å². The molecule has 0 radical (unpaired) electrons. The number of rotatable bonds is 5. The summed E-state index contributed by atoms with van der Waals surface area (Å²) in [6.45, 7) is 1.83. The lowest BCUT2D eigenvalue weighted by Crippen LogP contribution is -2.44. The average Bonchev–Trinajstić information content (AvgIpc) is 2.92. The van der Waals surface area contributed by atoms with Crippen molar-refractivity contribution in [2.75, 3.05) is 5.75 Å². The van der Waals surface area contributed by atoms with Crippen molar-refractivity contribution in [2.45, 2.75) is 24.8 Å². The number of aliphatic hydroxyl groups is 1. The SMILES string of the molecule is CC1=NN(C(=O)CSCc2ccccc2)[C@@](O)(c2ccccc2)C1. The molecule has 1 heterocycles. The Balaban J connectivity index is 1.68. The van der Waals surface area contributed by atoms with Crippen LogP contribution in [-0.2, 0) is 16.3 Å². The zero-order chi connectivity index (χ0) is 17.0. The first-order chi connectivity index (χ1) is 11.6. The molecule has 0 aliphatic carbocycles. The second kappa shape index (κ2) is 7.20. The van der Waals surface area contributed by atoms with Crippen LogP contribution >= 0.6 is 11.8 Å². The maximum Gasteiger partial charge on any atom is 0.255 e. The molecule has 0 spiro atoms. The monoisotopic (exact) mass is 340 g/mol. The molecule has 1 aliphatic rings. The van der Waals surface area contributed by atoms with Gasteiger partial charge in [-0.05, 0) is 12.5 Å². The van der Waals surface area contributed by atoms with E-state index in [2.05, 4.69) is 5.10 Å². The molecule has 124 valence electrons. The van der Waals surface area contributed by atoms with Crippen molar-refractivity contribution < 1.29 is 9.90 Å². The first-order valence-electron chi connectivity index (χ1n) is 7.86. The predicted octanol–water partition coefficient (Wildman–Crippen LogP) is 3.37. The molecule has 1 atom stereocenters. The van der Waals surface area contributed by atoms with Gasteiger partial charge in [0.25, 0.3) is 5.91 Å². The van der Waals surface area contributed by atoms with Crippen LogP contribution in [0, 0.1) is 0 Å². The summed E-state index contributed by atoms with van der Waals surface area (Å²) in [6, 6.07) is 19.3. The molecule has 0 fully saturated rings. The third kappa shape index (κ3) is 3.52. The molecule has 1 N–H and O–H groups in total. The van der Waals surface area contributed by atoms with Crippen LogP contribution in [0.1, 0.15) is 24.5 Å². The Hall–Kier alpha value is -2.11. The largest absolute Gasteiger partial charge is 0.365 e. The van der Waals surface area contributed by atoms with Crippen LogP contribution in [0.5, 0.6) is 0 Å². The molecule has 0 saturated heterocycles. The van der Waals surface area contributed by atoms with Crippen LogP contribution in [0.25, 0.3) is 0 Å². The average molecular weight is 340 g/mol. The zero-order valence-electron chi connectivity index (χ0n) is 13.6. The summed E-state index contributed by atoms with van der Waals surface area (Å²) in [5.41, 5.74) is 1.24. The highest BCUT2D eigenvalue weighted by Gasteiger charge is 2.44. The third-order valence-corrected chi connectivity index (χ3v) is 4.92. The van der Waals surface area contributed by atoms with Crippen molar-refractivity contribution in [3.63, 3.8) is 0 Å². The van der Waals surface area contributed by atoms with E-state index in [0.29, 0.717) is 12.0 Å². The molecule has 4 nitrogen and oxygen atoms in total. The van der Waals surface area contributed by atoms with Gasteiger partial charge in [-0.2, -0.15) is 10.1 Å². The minimum absolute atomic E-state index is 0.181. The van der Waals surface area contributed by atoms with Crippen molar-refractivity contribution in [2.24, 2.45) is 5.10 Å². The molecule has 1 amide bonds. The molecule has 3 rings (SSSR count). The smallest absolute Gasteiger partial charge is 0.255 e. The highest BCUT2D eigenvalue weighted by Crippen LogP contribution is 2.35. The van der Waals surface area contributed by atoms with Gasteiger partial charge in [-0.25, -0.2) is 0 Å². The number of hydrogen-bond donors (Lipinski definition) is 1. The minimum Gasteiger partial charge on any atom is -0.365 e. The quantitative estimate of drug-likeness (QED) is 0.908. The van der Waals surface area contributed by atoms with Crippen molar-refractivity contribution in [1.29, 1.82) is 0 Å². The maximum atomic E-state index is 12.6. The summed E-state index contributed by atoms with van der Waals surface area (Å²) in [7, 11) is 0. The highest BCUT2D eigenvalue weighted by molar-refractivity contribution is 7.99. The minimum atomic E-state index is -1.38. The van der Waals surface area contributed by atoms with Crippen molar-refractivity contribution >= 4 is 23.4 Å². The number of thioether (sulfide) groups is 1. The van der Waals surface area contributed by atoms with E-state index < -0.39 is 5.72 Å². The maximum absolute atomic E-state index is 12.6. The van der Waals surface area contributed by atoms with Crippen molar-refractivity contribution in [3.8, 4) is 0 Å². The second-order valence-electron chi connectivity index (χ2n) is 5.88. The number of carbonyl (C=O) groups is 1. The lowest BCUT2D eigenvalue weighted by molar-refractivity contribution is -0.154. The van der Waals surface area contributed by atoms with Gasteiger partial charge in [0, 0.05) is 23.4 Å². The van der Waals surface area contributed by atoms with E-state index in [1.165, 1.54) is 22.3 Å². The molecular formula is C19H20N2O2S. The number of amides is 1. The van der Waals surface area contributed by atoms with Gasteiger partial charge < -0.3 is 5.11 Å². The van der Waals surface area contributed by atoms with Gasteiger partial charge in [0.05, 0.1) is 5.75 Å². The van der Waals surface area contributed by atoms with E-state index in [4.69, 9.17) is 0 Å². The van der Waals surface area contributed by atoms with E-state index >= 15 is 0 Å². The van der Waals surface area contributed by atoms with Gasteiger partial charge in [0.1, 0.15) is 0 Å². The Labute approximate surface area is 146 Å². The predicted molar refractivity (Wildman–Crippen MR) is 97.5 cm³/mol. The summed E-state index contributed by atoms with van der Waals surface area (Å²) in [5, 5.41) is 16.6. The molecule has 2 aromatic rings. The lowest BCUT2D eigenvalue weighted by atomic mass is 9.98. The van der Waals surface area contributed by atoms with Gasteiger partial charge in [0.15, 0.2) is 5.72 Å². The van der Waals surface area contributed by atoms with E-state index in [-0.39, 0.29) is 11.7 Å². The highest BCUT2D eigenvalue weighted by atomic mass is 32.2. The summed E-state index contributed by atoms with van der Waals surface area (Å²) in [5.74, 6) is 0.854. The molecule has 24 heavy (non-hydrogen) atoms. The van der Waals surface area contributed by atoms with Crippen LogP contribution in [-0.4, -0.2) is 27.5 Å². The van der Waals surface area contributed by atoms with Gasteiger partial charge in [-0.15, -0.1) is 11.8 Å². The molecule has 5 heteroatoms. The van der Waals surface area contributed by atoms with Gasteiger partial charge in [0.2, 0.25) is 0 Å². The molecular weight excluding hydrogens is 320 g/mol. The Kier molecular flexibility index (Phi) is 5.02. The number of hydrazone groups is 1. The molecule has 0 unspecified atom stereocenters. The first-order valence-corrected chi connectivity index (χ1v) is 9.02. The number of benzene rings is 2. The molecule has 0 bridgehead atoms. The fraction of sp³-hybridized carbons (Fsp3) is 0.263. The third-order valence-electron chi connectivity index (χ3n) is 3.93. The fourth-order valence-electron chi connectivity index (χ4n) is 2.80. The number of hydrogen-bond acceptors (Lipinski definition) is 4. The van der Waals surface area contributed by atoms with Gasteiger partial charge in [-0.3, -0.25) is 4.79 Å². The summed E-state index contributed by atoms with van der Waals surface area (Å²) in [6.07, 6.45) is 0.339. The Morgan fingerprint density at radius 3 is 2.46 bits per heavy atom. The van der Waals surface area contributed by atoms with Crippen LogP contribution in [0.2, 0.25) is 0 Å². The Morgan fingerprint density at radius 1 is 1.17 bits per heavy atom. The van der Waals surface area contributed by atoms with Crippen LogP contribution in [0.15, 0.2) is 65.8 Å². The standard InChI is InChI=1S/C19H20N2O2S/c1-15-12-19(23,17-10-6-3-7-11-17)21(20-15)18(22)14-24-13-16-8-4-2-5-9-16/h2-11,23H,12-14H2,1H3/t19-/m0/s1. The Morgan fingerprint density at radius 2 is 1.79 bits per heavy atom. The second-order valence-corrected chi connectivity index (χ2v) is 6.86. The summed E-state index contributed by atoms with van der Waals surface area (Å²) < 4.78 is 0. The van der Waals surface area contributed by atoms with Crippen LogP contribution in [0.3, 0.4) is 0 Å². The summed E-state index contributed by atoms with van der Waals surface area (Å²) in [4.78, 5) is 12.6. The molecule has 0 aromatic heterocycles. The number of carbonyl (C=O) groups excluding carboxylic acids is 1. The molecule has 0 saturated carbocycles. The van der Waals surface area contributed by atoms with E-state index in [1.807, 2.05) is 67.6 Å². The van der Waals surface area contributed by atoms with Crippen molar-refractivity contribution in [3.05, 3.63) is 71.8 Å². The van der Waals surface area contributed by atoms with E-state index in [1.54, 1.807) is 0 Å². The first kappa shape index (κ1) is 16.7. The fourth-order valence-corrected chi connectivity index (χ4v) is 3.63. The van der Waals surface area contributed by atoms with E-state index in [9.17, 15) is 9.90 Å². The van der Waals surface area contributed by atoms with Crippen LogP contribution in [0.4, 0.5) is 0 Å². The molecule has 2 aromatic carbocycles.